The summed E-state index contributed by atoms with van der Waals surface area (Å²) in [7, 11) is 0. The van der Waals surface area contributed by atoms with Crippen molar-refractivity contribution in [1.29, 1.82) is 0 Å². The fourth-order valence-electron chi connectivity index (χ4n) is 6.29. The lowest BCUT2D eigenvalue weighted by Crippen LogP contribution is -2.47. The van der Waals surface area contributed by atoms with Crippen molar-refractivity contribution in [2.45, 2.75) is 90.9 Å². The van der Waals surface area contributed by atoms with Crippen LogP contribution in [0.4, 0.5) is 0 Å². The highest BCUT2D eigenvalue weighted by Crippen LogP contribution is 2.46. The molecule has 1 aliphatic carbocycles. The van der Waals surface area contributed by atoms with E-state index in [1.165, 1.54) is 74.1 Å². The molecule has 1 fully saturated rings. The summed E-state index contributed by atoms with van der Waals surface area (Å²) in [5, 5.41) is 0. The maximum Gasteiger partial charge on any atom is 0.0646 e. The minimum Gasteiger partial charge on any atom is -0.372 e. The summed E-state index contributed by atoms with van der Waals surface area (Å²) < 4.78 is 0. The predicted molar refractivity (Wildman–Crippen MR) is 152 cm³/mol. The second-order valence-electron chi connectivity index (χ2n) is 12.4. The molecule has 192 valence electrons. The van der Waals surface area contributed by atoms with E-state index in [0.29, 0.717) is 0 Å². The molecule has 3 nitrogen and oxygen atoms in total. The standard InChI is InChI=1S/C32H49N3/c1-7-10-25(8-2)24-34-19-21-35(22-20-34)27-11-9-12-30(33-18-15-27)26-13-14-28-29(23-26)32(5,6)17-16-31(28,3)4/h9,11-14,23,25H,7-8,10,15-22,24H2,1-6H3. The molecule has 2 heterocycles. The molecule has 4 rings (SSSR count). The van der Waals surface area contributed by atoms with E-state index >= 15 is 0 Å². The van der Waals surface area contributed by atoms with E-state index in [1.807, 2.05) is 0 Å². The Morgan fingerprint density at radius 3 is 2.34 bits per heavy atom. The first kappa shape index (κ1) is 26.2. The fraction of sp³-hybridized carbons (Fsp3) is 0.656. The van der Waals surface area contributed by atoms with Crippen LogP contribution in [-0.4, -0.2) is 54.8 Å². The van der Waals surface area contributed by atoms with E-state index in [-0.39, 0.29) is 10.8 Å². The predicted octanol–water partition coefficient (Wildman–Crippen LogP) is 7.11. The molecule has 3 heteroatoms. The van der Waals surface area contributed by atoms with Gasteiger partial charge in [-0.1, -0.05) is 72.6 Å². The second kappa shape index (κ2) is 11.0. The number of rotatable bonds is 7. The molecule has 1 saturated heterocycles. The quantitative estimate of drug-likeness (QED) is 0.418. The molecule has 1 aromatic rings. The molecule has 35 heavy (non-hydrogen) atoms. The number of allylic oxidation sites excluding steroid dienone is 3. The van der Waals surface area contributed by atoms with Gasteiger partial charge < -0.3 is 4.90 Å². The second-order valence-corrected chi connectivity index (χ2v) is 12.4. The highest BCUT2D eigenvalue weighted by molar-refractivity contribution is 6.09. The maximum atomic E-state index is 5.07. The van der Waals surface area contributed by atoms with Crippen molar-refractivity contribution in [2.75, 3.05) is 39.3 Å². The summed E-state index contributed by atoms with van der Waals surface area (Å²) in [5.41, 5.74) is 7.39. The minimum absolute atomic E-state index is 0.232. The van der Waals surface area contributed by atoms with Crippen LogP contribution in [0.3, 0.4) is 0 Å². The Labute approximate surface area is 215 Å². The Morgan fingerprint density at radius 1 is 0.943 bits per heavy atom. The molecule has 0 spiro atoms. The van der Waals surface area contributed by atoms with Gasteiger partial charge in [0.1, 0.15) is 0 Å². The molecule has 0 saturated carbocycles. The number of piperazine rings is 1. The van der Waals surface area contributed by atoms with E-state index in [0.717, 1.165) is 37.7 Å². The first-order chi connectivity index (χ1) is 16.7. The van der Waals surface area contributed by atoms with Gasteiger partial charge in [-0.2, -0.15) is 0 Å². The number of benzene rings is 1. The van der Waals surface area contributed by atoms with E-state index in [9.17, 15) is 0 Å². The summed E-state index contributed by atoms with van der Waals surface area (Å²) in [6.07, 6.45) is 14.3. The smallest absolute Gasteiger partial charge is 0.0646 e. The molecular weight excluding hydrogens is 426 g/mol. The monoisotopic (exact) mass is 475 g/mol. The molecular formula is C32H49N3. The van der Waals surface area contributed by atoms with Crippen molar-refractivity contribution in [3.8, 4) is 0 Å². The van der Waals surface area contributed by atoms with Crippen LogP contribution < -0.4 is 0 Å². The number of hydrogen-bond acceptors (Lipinski definition) is 3. The molecule has 3 aliphatic rings. The van der Waals surface area contributed by atoms with Crippen molar-refractivity contribution < 1.29 is 0 Å². The van der Waals surface area contributed by atoms with E-state index in [4.69, 9.17) is 4.99 Å². The highest BCUT2D eigenvalue weighted by Gasteiger charge is 2.37. The summed E-state index contributed by atoms with van der Waals surface area (Å²) >= 11 is 0. The van der Waals surface area contributed by atoms with Crippen LogP contribution in [0.5, 0.6) is 0 Å². The van der Waals surface area contributed by atoms with Gasteiger partial charge in [0.25, 0.3) is 0 Å². The Hall–Kier alpha value is -1.87. The third kappa shape index (κ3) is 6.10. The zero-order valence-corrected chi connectivity index (χ0v) is 23.4. The highest BCUT2D eigenvalue weighted by atomic mass is 15.3. The molecule has 1 atom stereocenters. The maximum absolute atomic E-state index is 5.07. The normalized spacial score (nSPS) is 23.1. The summed E-state index contributed by atoms with van der Waals surface area (Å²) in [5.74, 6) is 0.864. The average Bonchev–Trinajstić information content (AvgIpc) is 2.82. The minimum atomic E-state index is 0.232. The molecule has 2 aliphatic heterocycles. The molecule has 0 aromatic heterocycles. The van der Waals surface area contributed by atoms with Crippen LogP contribution in [0.15, 0.2) is 47.1 Å². The van der Waals surface area contributed by atoms with Gasteiger partial charge in [0.05, 0.1) is 5.71 Å². The summed E-state index contributed by atoms with van der Waals surface area (Å²) in [6, 6.07) is 7.12. The third-order valence-electron chi connectivity index (χ3n) is 8.91. The molecule has 1 unspecified atom stereocenters. The van der Waals surface area contributed by atoms with Crippen LogP contribution in [0.1, 0.15) is 96.8 Å². The zero-order chi connectivity index (χ0) is 25.1. The van der Waals surface area contributed by atoms with Gasteiger partial charge in [0.15, 0.2) is 0 Å². The summed E-state index contributed by atoms with van der Waals surface area (Å²) in [6.45, 7) is 21.1. The van der Waals surface area contributed by atoms with Gasteiger partial charge in [0, 0.05) is 51.4 Å². The topological polar surface area (TPSA) is 18.8 Å². The van der Waals surface area contributed by atoms with Crippen LogP contribution in [-0.2, 0) is 10.8 Å². The molecule has 0 N–H and O–H groups in total. The van der Waals surface area contributed by atoms with Gasteiger partial charge in [0.2, 0.25) is 0 Å². The van der Waals surface area contributed by atoms with Crippen LogP contribution >= 0.6 is 0 Å². The Balaban J connectivity index is 1.41. The lowest BCUT2D eigenvalue weighted by molar-refractivity contribution is 0.134. The zero-order valence-electron chi connectivity index (χ0n) is 23.4. The Bertz CT molecular complexity index is 957. The van der Waals surface area contributed by atoms with E-state index in [1.54, 1.807) is 0 Å². The fourth-order valence-corrected chi connectivity index (χ4v) is 6.29. The molecule has 1 aromatic carbocycles. The van der Waals surface area contributed by atoms with Gasteiger partial charge in [-0.25, -0.2) is 0 Å². The lowest BCUT2D eigenvalue weighted by Gasteiger charge is -2.42. The van der Waals surface area contributed by atoms with Gasteiger partial charge >= 0.3 is 0 Å². The SMILES string of the molecule is CCCC(CC)CN1CCN(C2=CC=CC(c3ccc4c(c3)C(C)(C)CCC4(C)C)=NCC2)CC1. The van der Waals surface area contributed by atoms with Crippen molar-refractivity contribution in [2.24, 2.45) is 10.9 Å². The average molecular weight is 476 g/mol. The number of fused-ring (bicyclic) bond motifs is 1. The lowest BCUT2D eigenvalue weighted by atomic mass is 9.63. The first-order valence-corrected chi connectivity index (χ1v) is 14.3. The molecule has 0 amide bonds. The van der Waals surface area contributed by atoms with Crippen molar-refractivity contribution in [1.82, 2.24) is 9.80 Å². The van der Waals surface area contributed by atoms with E-state index in [2.05, 4.69) is 87.8 Å². The number of aliphatic imine (C=N–C) groups is 1. The van der Waals surface area contributed by atoms with Crippen LogP contribution in [0.25, 0.3) is 0 Å². The largest absolute Gasteiger partial charge is 0.372 e. The van der Waals surface area contributed by atoms with Gasteiger partial charge in [-0.3, -0.25) is 9.89 Å². The van der Waals surface area contributed by atoms with Gasteiger partial charge in [-0.15, -0.1) is 0 Å². The van der Waals surface area contributed by atoms with Crippen LogP contribution in [0, 0.1) is 5.92 Å². The molecule has 0 bridgehead atoms. The number of nitrogens with zero attached hydrogens (tertiary/aromatic N) is 3. The Kier molecular flexibility index (Phi) is 8.26. The van der Waals surface area contributed by atoms with Crippen molar-refractivity contribution in [3.05, 3.63) is 58.8 Å². The third-order valence-corrected chi connectivity index (χ3v) is 8.91. The van der Waals surface area contributed by atoms with Gasteiger partial charge in [-0.05, 0) is 70.9 Å². The van der Waals surface area contributed by atoms with Crippen molar-refractivity contribution >= 4 is 5.71 Å². The summed E-state index contributed by atoms with van der Waals surface area (Å²) in [4.78, 5) is 10.4. The number of hydrogen-bond donors (Lipinski definition) is 0. The van der Waals surface area contributed by atoms with Crippen LogP contribution in [0.2, 0.25) is 0 Å². The van der Waals surface area contributed by atoms with E-state index < -0.39 is 0 Å². The van der Waals surface area contributed by atoms with Crippen molar-refractivity contribution in [3.63, 3.8) is 0 Å². The molecule has 0 radical (unpaired) electrons. The Morgan fingerprint density at radius 2 is 1.66 bits per heavy atom. The first-order valence-electron chi connectivity index (χ1n) is 14.3.